The molecular formula is C55H39NO2. The van der Waals surface area contributed by atoms with Crippen LogP contribution in [0, 0.1) is 0 Å². The third kappa shape index (κ3) is 4.80. The predicted octanol–water partition coefficient (Wildman–Crippen LogP) is 14.7. The molecule has 0 saturated carbocycles. The Morgan fingerprint density at radius 1 is 0.552 bits per heavy atom. The fourth-order valence-electron chi connectivity index (χ4n) is 10.1. The van der Waals surface area contributed by atoms with Gasteiger partial charge >= 0.3 is 0 Å². The molecule has 0 saturated heterocycles. The molecule has 12 rings (SSSR count). The van der Waals surface area contributed by atoms with Crippen LogP contribution in [0.5, 0.6) is 5.75 Å². The highest BCUT2D eigenvalue weighted by molar-refractivity contribution is 6.12. The lowest BCUT2D eigenvalue weighted by Gasteiger charge is -2.34. The largest absolute Gasteiger partial charge is 0.484 e. The average Bonchev–Trinajstić information content (AvgIpc) is 3.92. The molecule has 3 nitrogen and oxygen atoms in total. The number of fused-ring (bicyclic) bond motifs is 11. The monoisotopic (exact) mass is 745 g/mol. The van der Waals surface area contributed by atoms with Crippen LogP contribution in [-0.2, 0) is 5.41 Å². The van der Waals surface area contributed by atoms with Gasteiger partial charge in [-0.25, -0.2) is 0 Å². The zero-order valence-corrected chi connectivity index (χ0v) is 32.3. The summed E-state index contributed by atoms with van der Waals surface area (Å²) in [5, 5.41) is 4.66. The van der Waals surface area contributed by atoms with Crippen molar-refractivity contribution in [3.8, 4) is 28.0 Å². The minimum Gasteiger partial charge on any atom is -0.484 e. The van der Waals surface area contributed by atoms with Gasteiger partial charge in [0.15, 0.2) is 0 Å². The maximum atomic E-state index is 6.67. The van der Waals surface area contributed by atoms with Crippen LogP contribution in [0.3, 0.4) is 0 Å². The lowest BCUT2D eigenvalue weighted by Crippen LogP contribution is -2.21. The summed E-state index contributed by atoms with van der Waals surface area (Å²) < 4.78 is 13.0. The van der Waals surface area contributed by atoms with Gasteiger partial charge in [0.25, 0.3) is 0 Å². The fraction of sp³-hybridized carbons (Fsp3) is 0.0909. The molecular weight excluding hydrogens is 707 g/mol. The molecule has 2 aliphatic carbocycles. The quantitative estimate of drug-likeness (QED) is 0.175. The number of benzene rings is 8. The molecule has 2 atom stereocenters. The molecule has 0 N–H and O–H groups in total. The van der Waals surface area contributed by atoms with E-state index in [-0.39, 0.29) is 17.4 Å². The van der Waals surface area contributed by atoms with E-state index in [1.54, 1.807) is 0 Å². The Morgan fingerprint density at radius 2 is 1.24 bits per heavy atom. The van der Waals surface area contributed by atoms with Gasteiger partial charge in [0.05, 0.1) is 11.4 Å². The van der Waals surface area contributed by atoms with Gasteiger partial charge in [0, 0.05) is 44.3 Å². The van der Waals surface area contributed by atoms with Gasteiger partial charge in [0.1, 0.15) is 23.0 Å². The molecule has 1 aromatic heterocycles. The number of hydrogen-bond acceptors (Lipinski definition) is 3. The summed E-state index contributed by atoms with van der Waals surface area (Å²) in [6.45, 7) is 4.75. The minimum atomic E-state index is -0.210. The van der Waals surface area contributed by atoms with Crippen molar-refractivity contribution in [3.05, 3.63) is 210 Å². The SMILES string of the molecule is CC1(C)c2ccccc2-c2cccc(N(c3ccc(-c4cccc5oc6ccccc6c45)cc3)c3ccccc3C3=CC4c5ccc6ccccc6c5OC4C=C3)c21. The van der Waals surface area contributed by atoms with E-state index in [9.17, 15) is 0 Å². The Kier molecular flexibility index (Phi) is 7.10. The zero-order valence-electron chi connectivity index (χ0n) is 32.3. The van der Waals surface area contributed by atoms with Crippen molar-refractivity contribution in [1.82, 2.24) is 0 Å². The molecule has 0 radical (unpaired) electrons. The third-order valence-electron chi connectivity index (χ3n) is 12.8. The molecule has 2 unspecified atom stereocenters. The number of anilines is 3. The molecule has 8 aromatic carbocycles. The molecule has 9 aromatic rings. The predicted molar refractivity (Wildman–Crippen MR) is 240 cm³/mol. The molecule has 3 aliphatic rings. The highest BCUT2D eigenvalue weighted by Gasteiger charge is 2.39. The number of para-hydroxylation sites is 2. The van der Waals surface area contributed by atoms with Gasteiger partial charge in [-0.15, -0.1) is 0 Å². The van der Waals surface area contributed by atoms with Gasteiger partial charge in [0.2, 0.25) is 0 Å². The van der Waals surface area contributed by atoms with Gasteiger partial charge in [-0.1, -0.05) is 159 Å². The van der Waals surface area contributed by atoms with E-state index in [2.05, 4.69) is 195 Å². The van der Waals surface area contributed by atoms with Crippen molar-refractivity contribution < 1.29 is 9.15 Å². The Hall–Kier alpha value is -7.10. The van der Waals surface area contributed by atoms with Gasteiger partial charge in [-0.2, -0.15) is 0 Å². The average molecular weight is 746 g/mol. The summed E-state index contributed by atoms with van der Waals surface area (Å²) in [5.74, 6) is 1.13. The van der Waals surface area contributed by atoms with Gasteiger partial charge in [-0.3, -0.25) is 0 Å². The molecule has 3 heteroatoms. The number of hydrogen-bond donors (Lipinski definition) is 0. The van der Waals surface area contributed by atoms with Crippen LogP contribution in [0.15, 0.2) is 193 Å². The van der Waals surface area contributed by atoms with Crippen molar-refractivity contribution in [2.45, 2.75) is 31.3 Å². The summed E-state index contributed by atoms with van der Waals surface area (Å²) in [4.78, 5) is 2.49. The molecule has 0 fully saturated rings. The summed E-state index contributed by atoms with van der Waals surface area (Å²) in [6, 6.07) is 61.4. The van der Waals surface area contributed by atoms with Crippen molar-refractivity contribution >= 4 is 55.3 Å². The van der Waals surface area contributed by atoms with Gasteiger partial charge in [-0.05, 0) is 86.8 Å². The van der Waals surface area contributed by atoms with Crippen LogP contribution < -0.4 is 9.64 Å². The second kappa shape index (κ2) is 12.4. The van der Waals surface area contributed by atoms with E-state index in [1.165, 1.54) is 55.4 Å². The standard InChI is InChI=1S/C55H39NO2/c1-55(2)46-20-8-5-16-41(46)42-19-11-22-48(53(42)55)56(37-29-25-35(26-30-37)39-18-12-24-51-52(39)44-17-7-10-23-49(44)57-51)47-21-9-6-14-38(47)36-28-32-50-45(33-36)43-31-27-34-13-3-4-15-40(34)54(43)58-50/h3-33,45,50H,1-2H3. The zero-order chi connectivity index (χ0) is 38.5. The first-order chi connectivity index (χ1) is 28.5. The third-order valence-corrected chi connectivity index (χ3v) is 12.8. The molecule has 0 spiro atoms. The van der Waals surface area contributed by atoms with Crippen LogP contribution in [0.1, 0.15) is 42.0 Å². The maximum Gasteiger partial charge on any atom is 0.136 e. The summed E-state index contributed by atoms with van der Waals surface area (Å²) in [7, 11) is 0. The van der Waals surface area contributed by atoms with E-state index < -0.39 is 0 Å². The Morgan fingerprint density at radius 3 is 2.14 bits per heavy atom. The molecule has 58 heavy (non-hydrogen) atoms. The lowest BCUT2D eigenvalue weighted by atomic mass is 9.81. The van der Waals surface area contributed by atoms with Gasteiger partial charge < -0.3 is 14.1 Å². The number of ether oxygens (including phenoxy) is 1. The number of furan rings is 1. The highest BCUT2D eigenvalue weighted by atomic mass is 16.5. The summed E-state index contributed by atoms with van der Waals surface area (Å²) in [5.41, 5.74) is 16.2. The Labute approximate surface area is 337 Å². The van der Waals surface area contributed by atoms with Crippen LogP contribution in [0.4, 0.5) is 17.1 Å². The molecule has 1 aliphatic heterocycles. The summed E-state index contributed by atoms with van der Waals surface area (Å²) >= 11 is 0. The minimum absolute atomic E-state index is 0.0335. The number of rotatable bonds is 5. The number of allylic oxidation sites excluding steroid dienone is 2. The first kappa shape index (κ1) is 33.1. The number of nitrogens with zero attached hydrogens (tertiary/aromatic N) is 1. The van der Waals surface area contributed by atoms with Crippen molar-refractivity contribution in [1.29, 1.82) is 0 Å². The summed E-state index contributed by atoms with van der Waals surface area (Å²) in [6.07, 6.45) is 6.91. The second-order valence-electron chi connectivity index (χ2n) is 16.3. The molecule has 0 bridgehead atoms. The Bertz CT molecular complexity index is 3200. The Balaban J connectivity index is 1.04. The van der Waals surface area contributed by atoms with Crippen molar-refractivity contribution in [2.24, 2.45) is 0 Å². The van der Waals surface area contributed by atoms with E-state index >= 15 is 0 Å². The van der Waals surface area contributed by atoms with E-state index in [1.807, 2.05) is 12.1 Å². The smallest absolute Gasteiger partial charge is 0.136 e. The lowest BCUT2D eigenvalue weighted by molar-refractivity contribution is 0.272. The first-order valence-electron chi connectivity index (χ1n) is 20.2. The molecule has 276 valence electrons. The highest BCUT2D eigenvalue weighted by Crippen LogP contribution is 2.55. The normalized spacial score (nSPS) is 17.1. The van der Waals surface area contributed by atoms with E-state index in [0.717, 1.165) is 50.2 Å². The maximum absolute atomic E-state index is 6.67. The van der Waals surface area contributed by atoms with Crippen molar-refractivity contribution in [3.63, 3.8) is 0 Å². The molecule has 0 amide bonds. The van der Waals surface area contributed by atoms with Crippen LogP contribution in [-0.4, -0.2) is 6.10 Å². The first-order valence-corrected chi connectivity index (χ1v) is 20.2. The van der Waals surface area contributed by atoms with Crippen LogP contribution in [0.2, 0.25) is 0 Å². The topological polar surface area (TPSA) is 25.6 Å². The molecule has 2 heterocycles. The van der Waals surface area contributed by atoms with Crippen molar-refractivity contribution in [2.75, 3.05) is 4.90 Å². The second-order valence-corrected chi connectivity index (χ2v) is 16.3. The van der Waals surface area contributed by atoms with Crippen LogP contribution >= 0.6 is 0 Å². The fourth-order valence-corrected chi connectivity index (χ4v) is 10.1. The van der Waals surface area contributed by atoms with Crippen LogP contribution in [0.25, 0.3) is 60.5 Å². The van der Waals surface area contributed by atoms with E-state index in [4.69, 9.17) is 9.15 Å². The van der Waals surface area contributed by atoms with E-state index in [0.29, 0.717) is 0 Å².